The molecule has 1 aromatic carbocycles. The Kier molecular flexibility index (Phi) is 4.15. The predicted molar refractivity (Wildman–Crippen MR) is 84.8 cm³/mol. The Balaban J connectivity index is 1.64. The van der Waals surface area contributed by atoms with Gasteiger partial charge in [0.15, 0.2) is 0 Å². The van der Waals surface area contributed by atoms with Crippen molar-refractivity contribution in [1.29, 1.82) is 5.26 Å². The Labute approximate surface area is 130 Å². The van der Waals surface area contributed by atoms with Gasteiger partial charge in [-0.25, -0.2) is 4.98 Å². The third kappa shape index (κ3) is 2.99. The van der Waals surface area contributed by atoms with Crippen LogP contribution < -0.4 is 4.90 Å². The van der Waals surface area contributed by atoms with E-state index < -0.39 is 5.78 Å². The molecule has 1 fully saturated rings. The number of hydrogen-bond acceptors (Lipinski definition) is 4. The average molecular weight is 291 g/mol. The second-order valence-corrected chi connectivity index (χ2v) is 5.52. The van der Waals surface area contributed by atoms with Crippen LogP contribution in [-0.4, -0.2) is 23.9 Å². The summed E-state index contributed by atoms with van der Waals surface area (Å²) in [6, 6.07) is 15.7. The lowest BCUT2D eigenvalue weighted by Gasteiger charge is -2.33. The number of Topliss-reactive ketones (excluding diaryl/α,β-unsaturated/α-hetero) is 1. The Morgan fingerprint density at radius 2 is 1.86 bits per heavy atom. The summed E-state index contributed by atoms with van der Waals surface area (Å²) in [5.74, 6) is 0.944. The van der Waals surface area contributed by atoms with Gasteiger partial charge in [0.25, 0.3) is 5.78 Å². The fourth-order valence-corrected chi connectivity index (χ4v) is 2.94. The number of benzene rings is 1. The number of carbonyl (C=O) groups excluding carboxylic acids is 1. The molecule has 2 aromatic rings. The van der Waals surface area contributed by atoms with E-state index in [1.54, 1.807) is 12.1 Å². The van der Waals surface area contributed by atoms with Crippen LogP contribution in [0.15, 0.2) is 48.7 Å². The van der Waals surface area contributed by atoms with Crippen molar-refractivity contribution >= 4 is 11.6 Å². The summed E-state index contributed by atoms with van der Waals surface area (Å²) in [7, 11) is 0. The lowest BCUT2D eigenvalue weighted by atomic mass is 9.89. The Bertz CT molecular complexity index is 681. The molecule has 3 rings (SSSR count). The van der Waals surface area contributed by atoms with E-state index >= 15 is 0 Å². The van der Waals surface area contributed by atoms with Crippen LogP contribution in [0.5, 0.6) is 0 Å². The van der Waals surface area contributed by atoms with Gasteiger partial charge in [-0.2, -0.15) is 5.26 Å². The number of nitriles is 1. The highest BCUT2D eigenvalue weighted by Crippen LogP contribution is 2.29. The maximum atomic E-state index is 11.3. The first-order chi connectivity index (χ1) is 10.8. The lowest BCUT2D eigenvalue weighted by Crippen LogP contribution is -2.33. The van der Waals surface area contributed by atoms with Crippen molar-refractivity contribution in [2.45, 2.75) is 18.8 Å². The minimum atomic E-state index is -0.540. The molecule has 22 heavy (non-hydrogen) atoms. The van der Waals surface area contributed by atoms with Gasteiger partial charge in [0.2, 0.25) is 0 Å². The van der Waals surface area contributed by atoms with Crippen molar-refractivity contribution in [3.8, 4) is 6.07 Å². The molecule has 0 amide bonds. The smallest absolute Gasteiger partial charge is 0.263 e. The second kappa shape index (κ2) is 6.40. The van der Waals surface area contributed by atoms with E-state index in [0.29, 0.717) is 11.5 Å². The molecule has 110 valence electrons. The zero-order valence-corrected chi connectivity index (χ0v) is 12.3. The van der Waals surface area contributed by atoms with Crippen molar-refractivity contribution in [2.75, 3.05) is 18.0 Å². The number of nitrogens with zero attached hydrogens (tertiary/aromatic N) is 3. The standard InChI is InChI=1S/C18H17N3O/c19-12-17(22)16-6-7-18(20-13-16)21-10-8-15(9-11-21)14-4-2-1-3-5-14/h1-7,13,15H,8-11H2. The molecule has 0 aliphatic carbocycles. The van der Waals surface area contributed by atoms with Gasteiger partial charge in [0.05, 0.1) is 5.56 Å². The fraction of sp³-hybridized carbons (Fsp3) is 0.278. The summed E-state index contributed by atoms with van der Waals surface area (Å²) < 4.78 is 0. The minimum absolute atomic E-state index is 0.352. The van der Waals surface area contributed by atoms with E-state index in [1.807, 2.05) is 12.1 Å². The molecule has 4 heteroatoms. The van der Waals surface area contributed by atoms with Gasteiger partial charge in [-0.05, 0) is 36.5 Å². The molecule has 0 spiro atoms. The van der Waals surface area contributed by atoms with E-state index in [-0.39, 0.29) is 0 Å². The van der Waals surface area contributed by atoms with Gasteiger partial charge in [-0.3, -0.25) is 4.79 Å². The summed E-state index contributed by atoms with van der Waals surface area (Å²) in [5.41, 5.74) is 1.76. The molecule has 0 radical (unpaired) electrons. The lowest BCUT2D eigenvalue weighted by molar-refractivity contribution is 0.105. The van der Waals surface area contributed by atoms with Gasteiger partial charge in [0.1, 0.15) is 11.9 Å². The van der Waals surface area contributed by atoms with Crippen LogP contribution in [0.1, 0.15) is 34.7 Å². The van der Waals surface area contributed by atoms with Crippen LogP contribution in [-0.2, 0) is 0 Å². The van der Waals surface area contributed by atoms with Gasteiger partial charge < -0.3 is 4.90 Å². The number of pyridine rings is 1. The Hall–Kier alpha value is -2.67. The third-order valence-electron chi connectivity index (χ3n) is 4.20. The predicted octanol–water partition coefficient (Wildman–Crippen LogP) is 3.17. The van der Waals surface area contributed by atoms with Crippen LogP contribution in [0.2, 0.25) is 0 Å². The van der Waals surface area contributed by atoms with E-state index in [0.717, 1.165) is 31.7 Å². The molecule has 1 aliphatic rings. The summed E-state index contributed by atoms with van der Waals surface area (Å²) in [4.78, 5) is 17.8. The first kappa shape index (κ1) is 14.3. The van der Waals surface area contributed by atoms with E-state index in [2.05, 4.69) is 34.1 Å². The van der Waals surface area contributed by atoms with Gasteiger partial charge >= 0.3 is 0 Å². The highest BCUT2D eigenvalue weighted by Gasteiger charge is 2.21. The first-order valence-electron chi connectivity index (χ1n) is 7.48. The largest absolute Gasteiger partial charge is 0.357 e. The van der Waals surface area contributed by atoms with Crippen molar-refractivity contribution in [3.05, 3.63) is 59.8 Å². The molecular weight excluding hydrogens is 274 g/mol. The van der Waals surface area contributed by atoms with Crippen LogP contribution in [0.25, 0.3) is 0 Å². The molecule has 4 nitrogen and oxygen atoms in total. The van der Waals surface area contributed by atoms with E-state index in [9.17, 15) is 4.79 Å². The van der Waals surface area contributed by atoms with E-state index in [1.165, 1.54) is 11.8 Å². The van der Waals surface area contributed by atoms with Crippen molar-refractivity contribution in [1.82, 2.24) is 4.98 Å². The zero-order chi connectivity index (χ0) is 15.4. The number of anilines is 1. The number of carbonyl (C=O) groups is 1. The molecule has 1 aromatic heterocycles. The number of hydrogen-bond donors (Lipinski definition) is 0. The van der Waals surface area contributed by atoms with Crippen molar-refractivity contribution in [2.24, 2.45) is 0 Å². The van der Waals surface area contributed by atoms with Crippen LogP contribution in [0, 0.1) is 11.3 Å². The molecule has 1 aliphatic heterocycles. The van der Waals surface area contributed by atoms with Gasteiger partial charge in [-0.1, -0.05) is 30.3 Å². The number of ketones is 1. The molecule has 0 atom stereocenters. The summed E-state index contributed by atoms with van der Waals surface area (Å²) in [6.45, 7) is 1.91. The van der Waals surface area contributed by atoms with Crippen LogP contribution in [0.3, 0.4) is 0 Å². The SMILES string of the molecule is N#CC(=O)c1ccc(N2CCC(c3ccccc3)CC2)nc1. The van der Waals surface area contributed by atoms with Crippen molar-refractivity contribution in [3.63, 3.8) is 0 Å². The highest BCUT2D eigenvalue weighted by atomic mass is 16.1. The zero-order valence-electron chi connectivity index (χ0n) is 12.3. The van der Waals surface area contributed by atoms with Crippen LogP contribution in [0.4, 0.5) is 5.82 Å². The Morgan fingerprint density at radius 1 is 1.14 bits per heavy atom. The third-order valence-corrected chi connectivity index (χ3v) is 4.20. The highest BCUT2D eigenvalue weighted by molar-refractivity contribution is 6.07. The summed E-state index contributed by atoms with van der Waals surface area (Å²) >= 11 is 0. The molecule has 2 heterocycles. The van der Waals surface area contributed by atoms with Crippen molar-refractivity contribution < 1.29 is 4.79 Å². The van der Waals surface area contributed by atoms with Gasteiger partial charge in [-0.15, -0.1) is 0 Å². The summed E-state index contributed by atoms with van der Waals surface area (Å²) in [5, 5.41) is 8.61. The normalized spacial score (nSPS) is 15.3. The summed E-state index contributed by atoms with van der Waals surface area (Å²) in [6.07, 6.45) is 3.69. The first-order valence-corrected chi connectivity index (χ1v) is 7.48. The minimum Gasteiger partial charge on any atom is -0.357 e. The fourth-order valence-electron chi connectivity index (χ4n) is 2.94. The quantitative estimate of drug-likeness (QED) is 0.644. The van der Waals surface area contributed by atoms with E-state index in [4.69, 9.17) is 5.26 Å². The molecule has 0 bridgehead atoms. The molecule has 0 N–H and O–H groups in total. The maximum absolute atomic E-state index is 11.3. The van der Waals surface area contributed by atoms with Gasteiger partial charge in [0, 0.05) is 19.3 Å². The average Bonchev–Trinajstić information content (AvgIpc) is 2.62. The number of aromatic nitrogens is 1. The topological polar surface area (TPSA) is 57.0 Å². The molecule has 1 saturated heterocycles. The van der Waals surface area contributed by atoms with Crippen LogP contribution >= 0.6 is 0 Å². The Morgan fingerprint density at radius 3 is 2.45 bits per heavy atom. The second-order valence-electron chi connectivity index (χ2n) is 5.52. The number of rotatable bonds is 3. The molecule has 0 saturated carbocycles. The molecular formula is C18H17N3O. The molecule has 0 unspecified atom stereocenters. The monoisotopic (exact) mass is 291 g/mol. The maximum Gasteiger partial charge on any atom is 0.263 e. The number of piperidine rings is 1.